The van der Waals surface area contributed by atoms with Crippen molar-refractivity contribution in [1.82, 2.24) is 15.3 Å². The quantitative estimate of drug-likeness (QED) is 0.918. The van der Waals surface area contributed by atoms with E-state index in [2.05, 4.69) is 20.2 Å². The van der Waals surface area contributed by atoms with E-state index in [4.69, 9.17) is 4.74 Å². The highest BCUT2D eigenvalue weighted by Crippen LogP contribution is 2.41. The van der Waals surface area contributed by atoms with Gasteiger partial charge in [-0.1, -0.05) is 0 Å². The van der Waals surface area contributed by atoms with Gasteiger partial charge in [-0.05, 0) is 17.5 Å². The first kappa shape index (κ1) is 14.6. The molecule has 4 heterocycles. The molecule has 4 rings (SSSR count). The number of nitrogens with zero attached hydrogens (tertiary/aromatic N) is 3. The maximum absolute atomic E-state index is 12.2. The minimum Gasteiger partial charge on any atom is -0.380 e. The third-order valence-corrected chi connectivity index (χ3v) is 5.42. The number of anilines is 1. The van der Waals surface area contributed by atoms with Crippen LogP contribution in [0.15, 0.2) is 35.3 Å². The van der Waals surface area contributed by atoms with Crippen molar-refractivity contribution in [2.24, 2.45) is 11.3 Å². The van der Waals surface area contributed by atoms with E-state index in [1.54, 1.807) is 12.4 Å². The number of nitrogens with one attached hydrogen (secondary N) is 1. The fraction of sp³-hybridized carbons (Fsp3) is 0.438. The van der Waals surface area contributed by atoms with Gasteiger partial charge in [0.25, 0.3) is 5.91 Å². The van der Waals surface area contributed by atoms with Crippen LogP contribution in [0.3, 0.4) is 0 Å². The summed E-state index contributed by atoms with van der Waals surface area (Å²) in [5, 5.41) is 6.87. The zero-order chi connectivity index (χ0) is 15.7. The monoisotopic (exact) mass is 330 g/mol. The molecule has 120 valence electrons. The molecule has 0 spiro atoms. The standard InChI is InChI=1S/C16H18N4O2S/c21-14(12-2-5-23-8-12)19-9-16-10-20(6-13(16)7-22-11-16)15-17-3-1-4-18-15/h1-5,8,13H,6-7,9-11H2,(H,19,21)/t13-,16+/m0/s1. The normalized spacial score (nSPS) is 26.3. The third-order valence-electron chi connectivity index (χ3n) is 4.74. The zero-order valence-electron chi connectivity index (χ0n) is 12.6. The summed E-state index contributed by atoms with van der Waals surface area (Å²) in [7, 11) is 0. The van der Waals surface area contributed by atoms with Crippen LogP contribution in [0, 0.1) is 11.3 Å². The maximum Gasteiger partial charge on any atom is 0.252 e. The van der Waals surface area contributed by atoms with Crippen molar-refractivity contribution < 1.29 is 9.53 Å². The first-order chi connectivity index (χ1) is 11.3. The van der Waals surface area contributed by atoms with Crippen molar-refractivity contribution in [2.45, 2.75) is 0 Å². The lowest BCUT2D eigenvalue weighted by Crippen LogP contribution is -2.43. The maximum atomic E-state index is 12.2. The summed E-state index contributed by atoms with van der Waals surface area (Å²) in [4.78, 5) is 23.1. The fourth-order valence-corrected chi connectivity index (χ4v) is 4.08. The Morgan fingerprint density at radius 3 is 3.13 bits per heavy atom. The van der Waals surface area contributed by atoms with E-state index < -0.39 is 0 Å². The van der Waals surface area contributed by atoms with E-state index in [9.17, 15) is 4.79 Å². The van der Waals surface area contributed by atoms with Crippen LogP contribution in [-0.4, -0.2) is 48.7 Å². The molecule has 0 unspecified atom stereocenters. The van der Waals surface area contributed by atoms with E-state index >= 15 is 0 Å². The number of rotatable bonds is 4. The van der Waals surface area contributed by atoms with Crippen LogP contribution >= 0.6 is 11.3 Å². The Balaban J connectivity index is 1.46. The Bertz CT molecular complexity index is 679. The highest BCUT2D eigenvalue weighted by Gasteiger charge is 2.51. The number of amides is 1. The fourth-order valence-electron chi connectivity index (χ4n) is 3.44. The molecule has 0 aliphatic carbocycles. The van der Waals surface area contributed by atoms with Crippen LogP contribution in [0.25, 0.3) is 0 Å². The average Bonchev–Trinajstić information content (AvgIpc) is 3.29. The molecule has 2 aliphatic heterocycles. The van der Waals surface area contributed by atoms with E-state index in [0.29, 0.717) is 19.1 Å². The summed E-state index contributed by atoms with van der Waals surface area (Å²) in [5.41, 5.74) is 0.674. The second kappa shape index (κ2) is 5.90. The van der Waals surface area contributed by atoms with Crippen molar-refractivity contribution in [3.8, 4) is 0 Å². The molecule has 23 heavy (non-hydrogen) atoms. The molecular weight excluding hydrogens is 312 g/mol. The van der Waals surface area contributed by atoms with Gasteiger partial charge in [-0.3, -0.25) is 4.79 Å². The van der Waals surface area contributed by atoms with Crippen LogP contribution in [0.4, 0.5) is 5.95 Å². The van der Waals surface area contributed by atoms with Gasteiger partial charge in [0.2, 0.25) is 5.95 Å². The van der Waals surface area contributed by atoms with Crippen molar-refractivity contribution in [3.63, 3.8) is 0 Å². The molecule has 0 aromatic carbocycles. The molecule has 1 amide bonds. The van der Waals surface area contributed by atoms with Crippen LogP contribution in [-0.2, 0) is 4.74 Å². The zero-order valence-corrected chi connectivity index (χ0v) is 13.5. The summed E-state index contributed by atoms with van der Waals surface area (Å²) in [5.74, 6) is 1.14. The molecule has 0 bridgehead atoms. The van der Waals surface area contributed by atoms with Gasteiger partial charge in [0.1, 0.15) is 0 Å². The largest absolute Gasteiger partial charge is 0.380 e. The predicted molar refractivity (Wildman–Crippen MR) is 87.6 cm³/mol. The Hall–Kier alpha value is -1.99. The van der Waals surface area contributed by atoms with Gasteiger partial charge < -0.3 is 15.0 Å². The summed E-state index contributed by atoms with van der Waals surface area (Å²) in [6.45, 7) is 3.71. The second-order valence-corrected chi connectivity index (χ2v) is 6.98. The Morgan fingerprint density at radius 1 is 1.48 bits per heavy atom. The van der Waals surface area contributed by atoms with E-state index in [1.165, 1.54) is 11.3 Å². The van der Waals surface area contributed by atoms with Crippen molar-refractivity contribution in [1.29, 1.82) is 0 Å². The molecule has 2 fully saturated rings. The number of hydrogen-bond donors (Lipinski definition) is 1. The van der Waals surface area contributed by atoms with E-state index in [1.807, 2.05) is 22.9 Å². The molecule has 2 aromatic heterocycles. The van der Waals surface area contributed by atoms with Crippen LogP contribution in [0.1, 0.15) is 10.4 Å². The molecule has 7 heteroatoms. The Labute approximate surface area is 138 Å². The number of thiophene rings is 1. The van der Waals surface area contributed by atoms with E-state index in [0.717, 1.165) is 31.2 Å². The van der Waals surface area contributed by atoms with Gasteiger partial charge in [0.15, 0.2) is 0 Å². The molecule has 2 atom stereocenters. The minimum atomic E-state index is -0.0507. The Kier molecular flexibility index (Phi) is 3.74. The summed E-state index contributed by atoms with van der Waals surface area (Å²) in [6, 6.07) is 3.67. The highest BCUT2D eigenvalue weighted by atomic mass is 32.1. The van der Waals surface area contributed by atoms with Gasteiger partial charge in [0, 0.05) is 54.3 Å². The van der Waals surface area contributed by atoms with Crippen molar-refractivity contribution in [3.05, 3.63) is 40.8 Å². The first-order valence-corrected chi connectivity index (χ1v) is 8.61. The molecule has 2 aromatic rings. The Morgan fingerprint density at radius 2 is 2.35 bits per heavy atom. The number of fused-ring (bicyclic) bond motifs is 1. The van der Waals surface area contributed by atoms with Crippen LogP contribution in [0.2, 0.25) is 0 Å². The summed E-state index contributed by atoms with van der Waals surface area (Å²) < 4.78 is 5.71. The molecular formula is C16H18N4O2S. The lowest BCUT2D eigenvalue weighted by atomic mass is 9.81. The summed E-state index contributed by atoms with van der Waals surface area (Å²) >= 11 is 1.53. The lowest BCUT2D eigenvalue weighted by Gasteiger charge is -2.27. The smallest absolute Gasteiger partial charge is 0.252 e. The van der Waals surface area contributed by atoms with Gasteiger partial charge in [-0.15, -0.1) is 0 Å². The number of ether oxygens (including phenoxy) is 1. The first-order valence-electron chi connectivity index (χ1n) is 7.67. The SMILES string of the molecule is O=C(NC[C@@]12COC[C@@H]1CN(c1ncccn1)C2)c1ccsc1. The molecule has 0 saturated carbocycles. The van der Waals surface area contributed by atoms with E-state index in [-0.39, 0.29) is 11.3 Å². The van der Waals surface area contributed by atoms with Gasteiger partial charge >= 0.3 is 0 Å². The number of aromatic nitrogens is 2. The molecule has 2 aliphatic rings. The minimum absolute atomic E-state index is 0.0133. The number of carbonyl (C=O) groups excluding carboxylic acids is 1. The molecule has 0 radical (unpaired) electrons. The van der Waals surface area contributed by atoms with Gasteiger partial charge in [-0.25, -0.2) is 9.97 Å². The topological polar surface area (TPSA) is 67.3 Å². The second-order valence-electron chi connectivity index (χ2n) is 6.20. The third kappa shape index (κ3) is 2.70. The molecule has 1 N–H and O–H groups in total. The molecule has 6 nitrogen and oxygen atoms in total. The van der Waals surface area contributed by atoms with Crippen molar-refractivity contribution >= 4 is 23.2 Å². The highest BCUT2D eigenvalue weighted by molar-refractivity contribution is 7.08. The number of carbonyl (C=O) groups is 1. The lowest BCUT2D eigenvalue weighted by molar-refractivity contribution is 0.0920. The van der Waals surface area contributed by atoms with Crippen molar-refractivity contribution in [2.75, 3.05) is 37.7 Å². The molecule has 2 saturated heterocycles. The van der Waals surface area contributed by atoms with Gasteiger partial charge in [0.05, 0.1) is 13.2 Å². The number of hydrogen-bond acceptors (Lipinski definition) is 6. The van der Waals surface area contributed by atoms with Crippen LogP contribution < -0.4 is 10.2 Å². The average molecular weight is 330 g/mol. The summed E-state index contributed by atoms with van der Waals surface area (Å²) in [6.07, 6.45) is 3.52. The predicted octanol–water partition coefficient (Wildman–Crippen LogP) is 1.42. The van der Waals surface area contributed by atoms with Crippen LogP contribution in [0.5, 0.6) is 0 Å². The van der Waals surface area contributed by atoms with Gasteiger partial charge in [-0.2, -0.15) is 11.3 Å².